The minimum Gasteiger partial charge on any atom is -0.417 e. The van der Waals surface area contributed by atoms with Gasteiger partial charge in [-0.25, -0.2) is 0 Å². The molecule has 0 bridgehead atoms. The van der Waals surface area contributed by atoms with Crippen molar-refractivity contribution in [2.75, 3.05) is 6.61 Å². The average molecular weight is 393 g/mol. The van der Waals surface area contributed by atoms with Gasteiger partial charge in [0.25, 0.3) is 0 Å². The fourth-order valence-corrected chi connectivity index (χ4v) is 7.57. The first kappa shape index (κ1) is 21.6. The molecule has 0 aliphatic heterocycles. The fourth-order valence-electron chi connectivity index (χ4n) is 6.52. The van der Waals surface area contributed by atoms with E-state index in [1.807, 2.05) is 0 Å². The number of hydrogen-bond donors (Lipinski definition) is 1. The molecule has 3 aliphatic rings. The Kier molecular flexibility index (Phi) is 5.58. The van der Waals surface area contributed by atoms with Crippen LogP contribution < -0.4 is 0 Å². The van der Waals surface area contributed by atoms with Gasteiger partial charge in [0.1, 0.15) is 0 Å². The van der Waals surface area contributed by atoms with Gasteiger partial charge in [-0.3, -0.25) is 0 Å². The van der Waals surface area contributed by atoms with Crippen molar-refractivity contribution in [2.24, 2.45) is 40.9 Å². The van der Waals surface area contributed by atoms with Crippen LogP contribution >= 0.6 is 0 Å². The van der Waals surface area contributed by atoms with Crippen molar-refractivity contribution < 1.29 is 9.53 Å². The zero-order chi connectivity index (χ0) is 20.4. The first-order chi connectivity index (χ1) is 12.3. The van der Waals surface area contributed by atoms with E-state index in [0.717, 1.165) is 13.0 Å². The summed E-state index contributed by atoms with van der Waals surface area (Å²) >= 11 is 0. The lowest BCUT2D eigenvalue weighted by atomic mass is 9.53. The molecule has 3 heteroatoms. The molecule has 3 rings (SSSR count). The molecule has 0 aromatic rings. The van der Waals surface area contributed by atoms with Crippen molar-refractivity contribution in [3.05, 3.63) is 11.6 Å². The molecule has 0 spiro atoms. The Morgan fingerprint density at radius 2 is 1.85 bits per heavy atom. The minimum atomic E-state index is -1.77. The van der Waals surface area contributed by atoms with Crippen LogP contribution in [0.15, 0.2) is 11.6 Å². The summed E-state index contributed by atoms with van der Waals surface area (Å²) in [6.45, 7) is 22.1. The van der Waals surface area contributed by atoms with E-state index in [1.165, 1.54) is 12.8 Å². The summed E-state index contributed by atoms with van der Waals surface area (Å²) in [5.41, 5.74) is 1.92. The van der Waals surface area contributed by atoms with Crippen LogP contribution in [0.4, 0.5) is 0 Å². The Balaban J connectivity index is 1.94. The summed E-state index contributed by atoms with van der Waals surface area (Å²) in [4.78, 5) is 0. The number of hydrogen-bond acceptors (Lipinski definition) is 2. The molecule has 0 aromatic carbocycles. The van der Waals surface area contributed by atoms with Gasteiger partial charge in [0.15, 0.2) is 8.32 Å². The van der Waals surface area contributed by atoms with E-state index in [9.17, 15) is 5.11 Å². The second-order valence-corrected chi connectivity index (χ2v) is 16.6. The quantitative estimate of drug-likeness (QED) is 0.451. The maximum atomic E-state index is 10.9. The number of aliphatic hydroxyl groups excluding tert-OH is 1. The van der Waals surface area contributed by atoms with Crippen LogP contribution in [0.1, 0.15) is 67.7 Å². The van der Waals surface area contributed by atoms with Gasteiger partial charge < -0.3 is 9.53 Å². The molecule has 3 saturated carbocycles. The van der Waals surface area contributed by atoms with Crippen molar-refractivity contribution in [1.82, 2.24) is 0 Å². The summed E-state index contributed by atoms with van der Waals surface area (Å²) in [5, 5.41) is 11.2. The van der Waals surface area contributed by atoms with E-state index in [-0.39, 0.29) is 11.1 Å². The zero-order valence-electron chi connectivity index (χ0n) is 19.3. The molecule has 2 nitrogen and oxygen atoms in total. The van der Waals surface area contributed by atoms with Gasteiger partial charge in [0.2, 0.25) is 0 Å². The molecular formula is C24H44O2Si. The smallest absolute Gasteiger partial charge is 0.191 e. The van der Waals surface area contributed by atoms with E-state index in [2.05, 4.69) is 67.6 Å². The Morgan fingerprint density at radius 1 is 1.22 bits per heavy atom. The highest BCUT2D eigenvalue weighted by atomic mass is 28.4. The van der Waals surface area contributed by atoms with Crippen molar-refractivity contribution in [2.45, 2.75) is 92.0 Å². The number of aliphatic hydroxyl groups is 1. The molecule has 0 heterocycles. The van der Waals surface area contributed by atoms with Crippen LogP contribution in [0.2, 0.25) is 18.1 Å². The van der Waals surface area contributed by atoms with Crippen LogP contribution in [0.3, 0.4) is 0 Å². The lowest BCUT2D eigenvalue weighted by Crippen LogP contribution is -2.53. The molecule has 0 amide bonds. The Bertz CT molecular complexity index is 590. The number of allylic oxidation sites excluding steroid dienone is 2. The maximum absolute atomic E-state index is 10.9. The normalized spacial score (nSPS) is 45.3. The molecule has 1 N–H and O–H groups in total. The Hall–Kier alpha value is -0.123. The highest BCUT2D eigenvalue weighted by Crippen LogP contribution is 2.72. The summed E-state index contributed by atoms with van der Waals surface area (Å²) in [5.74, 6) is 3.68. The van der Waals surface area contributed by atoms with Gasteiger partial charge in [-0.15, -0.1) is 0 Å². The Labute approximate surface area is 169 Å². The highest BCUT2D eigenvalue weighted by molar-refractivity contribution is 6.74. The molecule has 3 aliphatic carbocycles. The van der Waals surface area contributed by atoms with Crippen LogP contribution in [0.25, 0.3) is 0 Å². The molecule has 156 valence electrons. The van der Waals surface area contributed by atoms with Gasteiger partial charge >= 0.3 is 0 Å². The molecular weight excluding hydrogens is 348 g/mol. The van der Waals surface area contributed by atoms with Gasteiger partial charge in [-0.2, -0.15) is 0 Å². The molecule has 0 unspecified atom stereocenters. The third-order valence-corrected chi connectivity index (χ3v) is 13.8. The van der Waals surface area contributed by atoms with E-state index < -0.39 is 8.32 Å². The monoisotopic (exact) mass is 392 g/mol. The fraction of sp³-hybridized carbons (Fsp3) is 0.917. The van der Waals surface area contributed by atoms with Gasteiger partial charge in [0.05, 0.1) is 6.10 Å². The first-order valence-corrected chi connectivity index (χ1v) is 14.2. The summed E-state index contributed by atoms with van der Waals surface area (Å²) < 4.78 is 6.83. The Morgan fingerprint density at radius 3 is 2.41 bits per heavy atom. The summed E-state index contributed by atoms with van der Waals surface area (Å²) in [6.07, 6.45) is 5.71. The molecule has 8 atom stereocenters. The standard InChI is InChI=1S/C24H44O2Si/c1-10-15(2)22-17(14-26-27(8,9)23(4,5)6)20-16(3)11-12-19(25)21(20)18-13-24(18,22)7/h10,16-22,25H,11-14H2,1-9H3/b15-10+/t16-,17-,18+,19-,20-,21-,22-,24+/m0/s1. The van der Waals surface area contributed by atoms with E-state index in [4.69, 9.17) is 4.43 Å². The second-order valence-electron chi connectivity index (χ2n) is 11.8. The van der Waals surface area contributed by atoms with Gasteiger partial charge in [-0.1, -0.05) is 46.3 Å². The second kappa shape index (κ2) is 6.99. The van der Waals surface area contributed by atoms with Crippen molar-refractivity contribution in [3.8, 4) is 0 Å². The lowest BCUT2D eigenvalue weighted by molar-refractivity contribution is -0.0888. The molecule has 27 heavy (non-hydrogen) atoms. The number of rotatable bonds is 4. The molecule has 0 aromatic heterocycles. The molecule has 0 saturated heterocycles. The van der Waals surface area contributed by atoms with Crippen molar-refractivity contribution in [3.63, 3.8) is 0 Å². The van der Waals surface area contributed by atoms with Crippen LogP contribution in [0, 0.1) is 40.9 Å². The maximum Gasteiger partial charge on any atom is 0.191 e. The molecule has 3 fully saturated rings. The largest absolute Gasteiger partial charge is 0.417 e. The highest BCUT2D eigenvalue weighted by Gasteiger charge is 2.68. The van der Waals surface area contributed by atoms with Crippen LogP contribution in [-0.2, 0) is 4.43 Å². The zero-order valence-corrected chi connectivity index (χ0v) is 20.3. The van der Waals surface area contributed by atoms with Crippen molar-refractivity contribution in [1.29, 1.82) is 0 Å². The van der Waals surface area contributed by atoms with E-state index >= 15 is 0 Å². The SMILES string of the molecule is C/C=C(\C)[C@H]1[C@@H](CO[Si](C)(C)C(C)(C)C)[C@H]2[C@@H]([C@H]3C[C@]31C)[C@@H](O)CC[C@@H]2C. The van der Waals surface area contributed by atoms with Crippen LogP contribution in [-0.4, -0.2) is 26.1 Å². The van der Waals surface area contributed by atoms with E-state index in [0.29, 0.717) is 40.9 Å². The first-order valence-electron chi connectivity index (χ1n) is 11.3. The molecule has 0 radical (unpaired) electrons. The predicted molar refractivity (Wildman–Crippen MR) is 117 cm³/mol. The summed E-state index contributed by atoms with van der Waals surface area (Å²) in [7, 11) is -1.77. The van der Waals surface area contributed by atoms with E-state index in [1.54, 1.807) is 5.57 Å². The predicted octanol–water partition coefficient (Wildman–Crippen LogP) is 6.27. The third kappa shape index (κ3) is 3.50. The minimum absolute atomic E-state index is 0.0970. The van der Waals surface area contributed by atoms with Gasteiger partial charge in [-0.05, 0) is 92.2 Å². The average Bonchev–Trinajstić information content (AvgIpc) is 3.25. The van der Waals surface area contributed by atoms with Crippen LogP contribution in [0.5, 0.6) is 0 Å². The van der Waals surface area contributed by atoms with Gasteiger partial charge in [0, 0.05) is 6.61 Å². The topological polar surface area (TPSA) is 29.5 Å². The number of fused-ring (bicyclic) bond motifs is 3. The lowest BCUT2D eigenvalue weighted by Gasteiger charge is -2.53. The van der Waals surface area contributed by atoms with Crippen molar-refractivity contribution >= 4 is 8.32 Å². The summed E-state index contributed by atoms with van der Waals surface area (Å²) in [6, 6.07) is 0. The third-order valence-electron chi connectivity index (χ3n) is 9.30.